The molecule has 2 aromatic heterocycles. The van der Waals surface area contributed by atoms with Gasteiger partial charge in [-0.3, -0.25) is 0 Å². The molecular weight excluding hydrogens is 339 g/mol. The molecule has 3 aliphatic heterocycles. The SMILES string of the molecule is Nc1nc2nc[nH]c2c(=S)[nH]1.S=P(N1CC1)(N1CC1)N1CC1. The maximum absolute atomic E-state index is 5.75. The van der Waals surface area contributed by atoms with E-state index in [0.29, 0.717) is 15.8 Å². The quantitative estimate of drug-likeness (QED) is 0.422. The molecule has 0 aromatic carbocycles. The van der Waals surface area contributed by atoms with Crippen LogP contribution in [0.3, 0.4) is 0 Å². The number of nitrogens with two attached hydrogens (primary N) is 1. The second kappa shape index (κ2) is 5.33. The summed E-state index contributed by atoms with van der Waals surface area (Å²) in [6.07, 6.45) is 1.53. The van der Waals surface area contributed by atoms with Gasteiger partial charge in [-0.2, -0.15) is 4.98 Å². The van der Waals surface area contributed by atoms with Gasteiger partial charge in [-0.25, -0.2) is 19.0 Å². The fourth-order valence-electron chi connectivity index (χ4n) is 2.31. The first kappa shape index (κ1) is 14.7. The number of hydrogen-bond donors (Lipinski definition) is 3. The van der Waals surface area contributed by atoms with Crippen molar-refractivity contribution in [1.29, 1.82) is 0 Å². The summed E-state index contributed by atoms with van der Waals surface area (Å²) < 4.78 is 8.00. The molecule has 118 valence electrons. The topological polar surface area (TPSA) is 92.4 Å². The number of H-pyrrole nitrogens is 2. The summed E-state index contributed by atoms with van der Waals surface area (Å²) in [6.45, 7) is 6.26. The molecule has 5 heterocycles. The van der Waals surface area contributed by atoms with Gasteiger partial charge in [0.1, 0.15) is 16.6 Å². The standard InChI is InChI=1S/C6H12N3PS.C5H5N5S/c11-10(7-1-2-7,8-3-4-8)9-5-6-9;6-5-9-3-2(4(11)10-5)7-1-8-3/h1-6H2;1H,(H4,6,7,8,9,10,11). The van der Waals surface area contributed by atoms with Crippen molar-refractivity contribution in [3.63, 3.8) is 0 Å². The fraction of sp³-hybridized carbons (Fsp3) is 0.545. The number of nitrogens with zero attached hydrogens (tertiary/aromatic N) is 5. The summed E-state index contributed by atoms with van der Waals surface area (Å²) in [5.74, 6) is 0.287. The van der Waals surface area contributed by atoms with E-state index < -0.39 is 6.49 Å². The van der Waals surface area contributed by atoms with Crippen LogP contribution in [0.4, 0.5) is 5.95 Å². The monoisotopic (exact) mass is 356 g/mol. The van der Waals surface area contributed by atoms with Gasteiger partial charge in [-0.1, -0.05) is 12.2 Å². The van der Waals surface area contributed by atoms with Gasteiger partial charge in [0.2, 0.25) is 5.95 Å². The van der Waals surface area contributed by atoms with Crippen LogP contribution in [0, 0.1) is 4.64 Å². The molecule has 2 aromatic rings. The Bertz CT molecular complexity index is 766. The molecule has 5 rings (SSSR count). The minimum absolute atomic E-state index is 0.287. The van der Waals surface area contributed by atoms with E-state index in [2.05, 4.69) is 33.9 Å². The Hall–Kier alpha value is -0.900. The number of imidazole rings is 1. The van der Waals surface area contributed by atoms with Crippen LogP contribution < -0.4 is 5.73 Å². The van der Waals surface area contributed by atoms with E-state index in [9.17, 15) is 0 Å². The van der Waals surface area contributed by atoms with Gasteiger partial charge >= 0.3 is 0 Å². The summed E-state index contributed by atoms with van der Waals surface area (Å²) in [5.41, 5.74) is 6.66. The number of aromatic nitrogens is 4. The first-order valence-corrected chi connectivity index (χ1v) is 10.2. The number of nitrogens with one attached hydrogen (secondary N) is 2. The van der Waals surface area contributed by atoms with Crippen LogP contribution in [0.5, 0.6) is 0 Å². The van der Waals surface area contributed by atoms with Crippen molar-refractivity contribution in [2.45, 2.75) is 0 Å². The van der Waals surface area contributed by atoms with Crippen molar-refractivity contribution in [1.82, 2.24) is 33.9 Å². The maximum atomic E-state index is 5.75. The van der Waals surface area contributed by atoms with Gasteiger partial charge in [0.25, 0.3) is 0 Å². The molecule has 11 heteroatoms. The Morgan fingerprint density at radius 1 is 1.09 bits per heavy atom. The summed E-state index contributed by atoms with van der Waals surface area (Å²) in [4.78, 5) is 13.4. The first-order valence-electron chi connectivity index (χ1n) is 7.14. The van der Waals surface area contributed by atoms with Crippen molar-refractivity contribution in [2.24, 2.45) is 0 Å². The van der Waals surface area contributed by atoms with Gasteiger partial charge in [0.05, 0.1) is 6.33 Å². The molecule has 4 N–H and O–H groups in total. The van der Waals surface area contributed by atoms with E-state index in [0.717, 1.165) is 0 Å². The molecule has 0 saturated carbocycles. The van der Waals surface area contributed by atoms with Crippen molar-refractivity contribution < 1.29 is 0 Å². The van der Waals surface area contributed by atoms with E-state index in [-0.39, 0.29) is 5.95 Å². The van der Waals surface area contributed by atoms with Crippen LogP contribution in [-0.4, -0.2) is 73.2 Å². The normalized spacial score (nSPS) is 21.5. The number of fused-ring (bicyclic) bond motifs is 1. The lowest BCUT2D eigenvalue weighted by molar-refractivity contribution is 0.697. The Kier molecular flexibility index (Phi) is 3.55. The highest BCUT2D eigenvalue weighted by Gasteiger charge is 2.50. The molecular formula is C11H17N8PS2. The zero-order valence-electron chi connectivity index (χ0n) is 11.9. The third kappa shape index (κ3) is 2.70. The van der Waals surface area contributed by atoms with Crippen LogP contribution in [0.2, 0.25) is 0 Å². The molecule has 0 spiro atoms. The predicted molar refractivity (Wildman–Crippen MR) is 92.5 cm³/mol. The lowest BCUT2D eigenvalue weighted by atomic mass is 10.6. The number of rotatable bonds is 3. The van der Waals surface area contributed by atoms with E-state index >= 15 is 0 Å². The molecule has 0 atom stereocenters. The second-order valence-electron chi connectivity index (χ2n) is 5.43. The Morgan fingerprint density at radius 2 is 1.64 bits per heavy atom. The summed E-state index contributed by atoms with van der Waals surface area (Å²) in [5, 5.41) is 0. The van der Waals surface area contributed by atoms with Gasteiger partial charge in [-0.15, -0.1) is 0 Å². The summed E-state index contributed by atoms with van der Waals surface area (Å²) in [7, 11) is 0. The number of hydrogen-bond acceptors (Lipinski definition) is 5. The number of aromatic amines is 2. The zero-order chi connectivity index (χ0) is 15.3. The van der Waals surface area contributed by atoms with Gasteiger partial charge in [0.15, 0.2) is 5.65 Å². The zero-order valence-corrected chi connectivity index (χ0v) is 14.4. The van der Waals surface area contributed by atoms with Crippen LogP contribution in [0.25, 0.3) is 11.2 Å². The molecule has 8 nitrogen and oxygen atoms in total. The Labute approximate surface area is 137 Å². The largest absolute Gasteiger partial charge is 0.369 e. The third-order valence-electron chi connectivity index (χ3n) is 3.69. The highest BCUT2D eigenvalue weighted by molar-refractivity contribution is 8.11. The molecule has 0 aliphatic carbocycles. The molecule has 3 saturated heterocycles. The maximum Gasteiger partial charge on any atom is 0.200 e. The molecule has 3 aliphatic rings. The van der Waals surface area contributed by atoms with Gasteiger partial charge in [-0.05, 0) is 11.8 Å². The number of anilines is 1. The van der Waals surface area contributed by atoms with E-state index in [4.69, 9.17) is 29.8 Å². The lowest BCUT2D eigenvalue weighted by Gasteiger charge is -2.25. The molecule has 3 fully saturated rings. The van der Waals surface area contributed by atoms with E-state index in [1.165, 1.54) is 45.6 Å². The van der Waals surface area contributed by atoms with Crippen molar-refractivity contribution in [3.05, 3.63) is 11.0 Å². The molecule has 22 heavy (non-hydrogen) atoms. The smallest absolute Gasteiger partial charge is 0.200 e. The predicted octanol–water partition coefficient (Wildman–Crippen LogP) is 0.755. The molecule has 0 unspecified atom stereocenters. The van der Waals surface area contributed by atoms with Crippen LogP contribution in [0.1, 0.15) is 0 Å². The minimum atomic E-state index is -1.27. The van der Waals surface area contributed by atoms with Crippen molar-refractivity contribution >= 4 is 47.6 Å². The summed E-state index contributed by atoms with van der Waals surface area (Å²) >= 11 is 10.7. The fourth-order valence-corrected chi connectivity index (χ4v) is 6.94. The van der Waals surface area contributed by atoms with Crippen LogP contribution in [-0.2, 0) is 11.8 Å². The highest BCUT2D eigenvalue weighted by atomic mass is 32.4. The lowest BCUT2D eigenvalue weighted by Crippen LogP contribution is -2.11. The van der Waals surface area contributed by atoms with E-state index in [1.807, 2.05) is 0 Å². The van der Waals surface area contributed by atoms with Crippen LogP contribution >= 0.6 is 18.7 Å². The molecule has 0 amide bonds. The number of nitrogen functional groups attached to an aromatic ring is 1. The highest BCUT2D eigenvalue weighted by Crippen LogP contribution is 2.65. The van der Waals surface area contributed by atoms with Gasteiger partial charge < -0.3 is 15.7 Å². The minimum Gasteiger partial charge on any atom is -0.369 e. The third-order valence-corrected chi connectivity index (χ3v) is 9.49. The molecule has 0 radical (unpaired) electrons. The Morgan fingerprint density at radius 3 is 2.14 bits per heavy atom. The van der Waals surface area contributed by atoms with Crippen LogP contribution in [0.15, 0.2) is 6.33 Å². The molecule has 0 bridgehead atoms. The van der Waals surface area contributed by atoms with Gasteiger partial charge in [0, 0.05) is 39.3 Å². The summed E-state index contributed by atoms with van der Waals surface area (Å²) in [6, 6.07) is 0. The van der Waals surface area contributed by atoms with Crippen molar-refractivity contribution in [2.75, 3.05) is 45.0 Å². The Balaban J connectivity index is 0.000000114. The second-order valence-corrected chi connectivity index (χ2v) is 10.0. The average molecular weight is 356 g/mol. The van der Waals surface area contributed by atoms with Crippen molar-refractivity contribution in [3.8, 4) is 0 Å². The average Bonchev–Trinajstić information content (AvgIpc) is 3.37. The first-order chi connectivity index (χ1) is 10.6. The van der Waals surface area contributed by atoms with E-state index in [1.54, 1.807) is 0 Å².